The molecule has 0 amide bonds. The number of aliphatic hydroxyl groups is 1. The number of aromatic nitrogens is 1. The first-order valence-electron chi connectivity index (χ1n) is 5.11. The Kier molecular flexibility index (Phi) is 4.65. The number of rotatable bonds is 6. The van der Waals surface area contributed by atoms with Crippen LogP contribution < -0.4 is 5.32 Å². The first-order chi connectivity index (χ1) is 7.61. The van der Waals surface area contributed by atoms with Crippen LogP contribution in [-0.2, 0) is 0 Å². The van der Waals surface area contributed by atoms with Gasteiger partial charge in [0.05, 0.1) is 11.0 Å². The lowest BCUT2D eigenvalue weighted by Crippen LogP contribution is -2.07. The minimum atomic E-state index is -0.468. The third-order valence-electron chi connectivity index (χ3n) is 2.11. The van der Waals surface area contributed by atoms with Crippen molar-refractivity contribution in [2.45, 2.75) is 25.9 Å². The standard InChI is InChI=1S/C10H15N3O3/c1-8(14)3-2-5-12-9-4-6-11-7-10(9)13(15)16/h4,6-8,14H,2-3,5H2,1H3,(H,11,12). The van der Waals surface area contributed by atoms with Crippen molar-refractivity contribution in [3.05, 3.63) is 28.6 Å². The maximum absolute atomic E-state index is 10.6. The predicted octanol–water partition coefficient (Wildman–Crippen LogP) is 1.56. The normalized spacial score (nSPS) is 12.1. The van der Waals surface area contributed by atoms with Crippen LogP contribution >= 0.6 is 0 Å². The molecule has 1 rings (SSSR count). The number of pyridine rings is 1. The van der Waals surface area contributed by atoms with Crippen LogP contribution in [0.25, 0.3) is 0 Å². The Labute approximate surface area is 93.5 Å². The fraction of sp³-hybridized carbons (Fsp3) is 0.500. The van der Waals surface area contributed by atoms with E-state index < -0.39 is 4.92 Å². The van der Waals surface area contributed by atoms with Gasteiger partial charge in [0, 0.05) is 12.7 Å². The smallest absolute Gasteiger partial charge is 0.310 e. The zero-order valence-electron chi connectivity index (χ0n) is 9.09. The van der Waals surface area contributed by atoms with Crippen molar-refractivity contribution >= 4 is 11.4 Å². The highest BCUT2D eigenvalue weighted by Gasteiger charge is 2.12. The zero-order chi connectivity index (χ0) is 12.0. The van der Waals surface area contributed by atoms with Crippen LogP contribution in [-0.4, -0.2) is 27.7 Å². The summed E-state index contributed by atoms with van der Waals surface area (Å²) in [4.78, 5) is 13.9. The molecule has 0 aliphatic heterocycles. The molecule has 0 saturated carbocycles. The second-order valence-corrected chi connectivity index (χ2v) is 3.57. The van der Waals surface area contributed by atoms with Crippen molar-refractivity contribution in [3.63, 3.8) is 0 Å². The zero-order valence-corrected chi connectivity index (χ0v) is 9.09. The molecule has 0 saturated heterocycles. The van der Waals surface area contributed by atoms with Gasteiger partial charge in [-0.1, -0.05) is 0 Å². The number of hydrogen-bond donors (Lipinski definition) is 2. The summed E-state index contributed by atoms with van der Waals surface area (Å²) in [5.41, 5.74) is 0.435. The molecule has 88 valence electrons. The lowest BCUT2D eigenvalue weighted by Gasteiger charge is -2.07. The average molecular weight is 225 g/mol. The lowest BCUT2D eigenvalue weighted by molar-refractivity contribution is -0.384. The number of hydrogen-bond acceptors (Lipinski definition) is 5. The first kappa shape index (κ1) is 12.4. The number of nitrogens with one attached hydrogen (secondary N) is 1. The van der Waals surface area contributed by atoms with Crippen molar-refractivity contribution in [2.24, 2.45) is 0 Å². The van der Waals surface area contributed by atoms with Gasteiger partial charge >= 0.3 is 5.69 Å². The average Bonchev–Trinajstić information content (AvgIpc) is 2.24. The van der Waals surface area contributed by atoms with Crippen LogP contribution in [0, 0.1) is 10.1 Å². The van der Waals surface area contributed by atoms with Crippen molar-refractivity contribution in [2.75, 3.05) is 11.9 Å². The van der Waals surface area contributed by atoms with Crippen molar-refractivity contribution in [1.29, 1.82) is 0 Å². The molecule has 0 aliphatic carbocycles. The van der Waals surface area contributed by atoms with Gasteiger partial charge in [-0.2, -0.15) is 0 Å². The van der Waals surface area contributed by atoms with Gasteiger partial charge in [0.15, 0.2) is 0 Å². The Hall–Kier alpha value is -1.69. The van der Waals surface area contributed by atoms with Crippen molar-refractivity contribution < 1.29 is 10.0 Å². The predicted molar refractivity (Wildman–Crippen MR) is 60.3 cm³/mol. The summed E-state index contributed by atoms with van der Waals surface area (Å²) >= 11 is 0. The molecular formula is C10H15N3O3. The minimum Gasteiger partial charge on any atom is -0.393 e. The maximum Gasteiger partial charge on any atom is 0.310 e. The van der Waals surface area contributed by atoms with Crippen LogP contribution in [0.2, 0.25) is 0 Å². The van der Waals surface area contributed by atoms with Gasteiger partial charge in [0.25, 0.3) is 0 Å². The van der Waals surface area contributed by atoms with E-state index in [1.807, 2.05) is 0 Å². The van der Waals surface area contributed by atoms with Gasteiger partial charge in [0.1, 0.15) is 11.9 Å². The molecule has 2 N–H and O–H groups in total. The van der Waals surface area contributed by atoms with Gasteiger partial charge in [-0.3, -0.25) is 15.1 Å². The Balaban J connectivity index is 2.50. The molecule has 0 spiro atoms. The van der Waals surface area contributed by atoms with E-state index in [0.29, 0.717) is 18.7 Å². The fourth-order valence-electron chi connectivity index (χ4n) is 1.30. The molecule has 0 radical (unpaired) electrons. The van der Waals surface area contributed by atoms with Crippen LogP contribution in [0.4, 0.5) is 11.4 Å². The highest BCUT2D eigenvalue weighted by Crippen LogP contribution is 2.21. The van der Waals surface area contributed by atoms with Gasteiger partial charge in [-0.05, 0) is 25.8 Å². The number of anilines is 1. The third-order valence-corrected chi connectivity index (χ3v) is 2.11. The van der Waals surface area contributed by atoms with E-state index in [9.17, 15) is 10.1 Å². The summed E-state index contributed by atoms with van der Waals surface area (Å²) < 4.78 is 0. The lowest BCUT2D eigenvalue weighted by atomic mass is 10.2. The number of nitro groups is 1. The molecule has 0 aromatic carbocycles. The van der Waals surface area contributed by atoms with Gasteiger partial charge in [-0.25, -0.2) is 0 Å². The summed E-state index contributed by atoms with van der Waals surface area (Å²) in [6.07, 6.45) is 3.82. The molecule has 0 aliphatic rings. The Morgan fingerprint density at radius 3 is 3.06 bits per heavy atom. The Morgan fingerprint density at radius 1 is 1.69 bits per heavy atom. The fourth-order valence-corrected chi connectivity index (χ4v) is 1.30. The van der Waals surface area contributed by atoms with Crippen LogP contribution in [0.5, 0.6) is 0 Å². The quantitative estimate of drug-likeness (QED) is 0.435. The highest BCUT2D eigenvalue weighted by molar-refractivity contribution is 5.59. The summed E-state index contributed by atoms with van der Waals surface area (Å²) in [7, 11) is 0. The molecule has 1 atom stereocenters. The van der Waals surface area contributed by atoms with E-state index in [0.717, 1.165) is 6.42 Å². The molecule has 16 heavy (non-hydrogen) atoms. The van der Waals surface area contributed by atoms with E-state index in [4.69, 9.17) is 5.11 Å². The SMILES string of the molecule is CC(O)CCCNc1ccncc1[N+](=O)[O-]. The summed E-state index contributed by atoms with van der Waals surface area (Å²) in [5, 5.41) is 22.7. The topological polar surface area (TPSA) is 88.3 Å². The van der Waals surface area contributed by atoms with E-state index >= 15 is 0 Å². The van der Waals surface area contributed by atoms with Crippen LogP contribution in [0.15, 0.2) is 18.5 Å². The van der Waals surface area contributed by atoms with E-state index in [1.54, 1.807) is 13.0 Å². The second-order valence-electron chi connectivity index (χ2n) is 3.57. The molecule has 1 aromatic heterocycles. The van der Waals surface area contributed by atoms with Crippen LogP contribution in [0.3, 0.4) is 0 Å². The van der Waals surface area contributed by atoms with Gasteiger partial charge in [0.2, 0.25) is 0 Å². The second kappa shape index (κ2) is 6.02. The monoisotopic (exact) mass is 225 g/mol. The number of nitrogens with zero attached hydrogens (tertiary/aromatic N) is 2. The largest absolute Gasteiger partial charge is 0.393 e. The Bertz CT molecular complexity index is 355. The molecule has 1 aromatic rings. The number of aliphatic hydroxyl groups excluding tert-OH is 1. The van der Waals surface area contributed by atoms with Crippen molar-refractivity contribution in [1.82, 2.24) is 4.98 Å². The van der Waals surface area contributed by atoms with E-state index in [-0.39, 0.29) is 11.8 Å². The summed E-state index contributed by atoms with van der Waals surface area (Å²) in [5.74, 6) is 0. The molecular weight excluding hydrogens is 210 g/mol. The molecule has 6 heteroatoms. The highest BCUT2D eigenvalue weighted by atomic mass is 16.6. The Morgan fingerprint density at radius 2 is 2.44 bits per heavy atom. The molecule has 1 heterocycles. The maximum atomic E-state index is 10.6. The molecule has 6 nitrogen and oxygen atoms in total. The minimum absolute atomic E-state index is 0.0282. The van der Waals surface area contributed by atoms with E-state index in [1.165, 1.54) is 12.4 Å². The summed E-state index contributed by atoms with van der Waals surface area (Å²) in [6, 6.07) is 1.57. The summed E-state index contributed by atoms with van der Waals surface area (Å²) in [6.45, 7) is 2.31. The van der Waals surface area contributed by atoms with Gasteiger partial charge in [-0.15, -0.1) is 0 Å². The van der Waals surface area contributed by atoms with Crippen molar-refractivity contribution in [3.8, 4) is 0 Å². The molecule has 1 unspecified atom stereocenters. The first-order valence-corrected chi connectivity index (χ1v) is 5.11. The van der Waals surface area contributed by atoms with E-state index in [2.05, 4.69) is 10.3 Å². The third kappa shape index (κ3) is 3.82. The molecule has 0 fully saturated rings. The molecule has 0 bridgehead atoms. The van der Waals surface area contributed by atoms with Gasteiger partial charge < -0.3 is 10.4 Å². The van der Waals surface area contributed by atoms with Crippen LogP contribution in [0.1, 0.15) is 19.8 Å².